The molecule has 6 nitrogen and oxygen atoms in total. The molecule has 1 fully saturated rings. The van der Waals surface area contributed by atoms with Crippen LogP contribution < -0.4 is 4.90 Å². The highest BCUT2D eigenvalue weighted by Gasteiger charge is 2.36. The number of anilines is 1. The van der Waals surface area contributed by atoms with Crippen molar-refractivity contribution < 1.29 is 9.72 Å². The topological polar surface area (TPSA) is 75.8 Å². The summed E-state index contributed by atoms with van der Waals surface area (Å²) in [7, 11) is 0. The van der Waals surface area contributed by atoms with Crippen LogP contribution in [0.4, 0.5) is 11.4 Å². The van der Waals surface area contributed by atoms with Crippen molar-refractivity contribution in [2.24, 2.45) is 4.99 Å². The number of nitrogens with zero attached hydrogens (tertiary/aromatic N) is 3. The molecule has 0 aliphatic carbocycles. The fraction of sp³-hybridized carbons (Fsp3) is 0.417. The van der Waals surface area contributed by atoms with Crippen LogP contribution >= 0.6 is 0 Å². The zero-order valence-electron chi connectivity index (χ0n) is 9.94. The first-order valence-electron chi connectivity index (χ1n) is 5.70. The van der Waals surface area contributed by atoms with E-state index >= 15 is 0 Å². The summed E-state index contributed by atoms with van der Waals surface area (Å²) in [5.41, 5.74) is 1.36. The highest BCUT2D eigenvalue weighted by molar-refractivity contribution is 5.59. The highest BCUT2D eigenvalue weighted by Crippen LogP contribution is 2.29. The maximum atomic E-state index is 10.8. The molecule has 0 N–H and O–H groups in total. The van der Waals surface area contributed by atoms with Gasteiger partial charge in [0.05, 0.1) is 12.2 Å². The first-order valence-corrected chi connectivity index (χ1v) is 5.70. The molecule has 1 aliphatic heterocycles. The maximum absolute atomic E-state index is 10.8. The average Bonchev–Trinajstić information content (AvgIpc) is 2.72. The van der Waals surface area contributed by atoms with Crippen LogP contribution in [0.1, 0.15) is 13.3 Å². The number of rotatable bonds is 3. The molecule has 1 aromatic carbocycles. The van der Waals surface area contributed by atoms with Crippen molar-refractivity contribution in [3.63, 3.8) is 0 Å². The predicted molar refractivity (Wildman–Crippen MR) is 66.4 cm³/mol. The van der Waals surface area contributed by atoms with Crippen LogP contribution in [-0.4, -0.2) is 29.6 Å². The van der Waals surface area contributed by atoms with Gasteiger partial charge in [-0.15, -0.1) is 0 Å². The maximum Gasteiger partial charge on any atom is 0.240 e. The van der Waals surface area contributed by atoms with E-state index in [0.29, 0.717) is 18.7 Å². The Balaban J connectivity index is 2.24. The minimum Gasteiger partial charge on any atom is -0.362 e. The Morgan fingerprint density at radius 1 is 1.56 bits per heavy atom. The average molecular weight is 247 g/mol. The van der Waals surface area contributed by atoms with Gasteiger partial charge in [-0.2, -0.15) is 4.99 Å². The van der Waals surface area contributed by atoms with Gasteiger partial charge < -0.3 is 4.90 Å². The second-order valence-corrected chi connectivity index (χ2v) is 4.40. The van der Waals surface area contributed by atoms with Crippen molar-refractivity contribution in [1.29, 1.82) is 0 Å². The van der Waals surface area contributed by atoms with Crippen LogP contribution in [0.3, 0.4) is 0 Å². The van der Waals surface area contributed by atoms with E-state index in [9.17, 15) is 14.9 Å². The van der Waals surface area contributed by atoms with E-state index in [2.05, 4.69) is 4.99 Å². The van der Waals surface area contributed by atoms with Crippen molar-refractivity contribution in [2.45, 2.75) is 25.4 Å². The number of carbonyl (C=O) groups excluding carboxylic acids is 1. The SMILES string of the molecule is CC1CC([N+](=O)[O-])CN1c1cccc(N=C=O)c1. The molecule has 18 heavy (non-hydrogen) atoms. The minimum absolute atomic E-state index is 0.107. The highest BCUT2D eigenvalue weighted by atomic mass is 16.6. The standard InChI is InChI=1S/C12H13N3O3/c1-9-5-12(15(17)18)7-14(9)11-4-2-3-10(6-11)13-8-16/h2-4,6,9,12H,5,7H2,1H3. The van der Waals surface area contributed by atoms with Crippen LogP contribution in [0, 0.1) is 10.1 Å². The van der Waals surface area contributed by atoms with Gasteiger partial charge in [0.25, 0.3) is 0 Å². The van der Waals surface area contributed by atoms with Gasteiger partial charge in [0.1, 0.15) is 0 Å². The van der Waals surface area contributed by atoms with Crippen molar-refractivity contribution in [3.8, 4) is 0 Å². The molecule has 0 bridgehead atoms. The molecule has 0 radical (unpaired) electrons. The summed E-state index contributed by atoms with van der Waals surface area (Å²) in [5.74, 6) is 0. The molecule has 2 unspecified atom stereocenters. The summed E-state index contributed by atoms with van der Waals surface area (Å²) in [4.78, 5) is 26.3. The monoisotopic (exact) mass is 247 g/mol. The molecule has 0 saturated carbocycles. The molecular weight excluding hydrogens is 234 g/mol. The third-order valence-corrected chi connectivity index (χ3v) is 3.19. The molecule has 94 valence electrons. The number of nitro groups is 1. The molecule has 0 spiro atoms. The summed E-state index contributed by atoms with van der Waals surface area (Å²) >= 11 is 0. The molecule has 6 heteroatoms. The molecule has 2 atom stereocenters. The molecule has 0 amide bonds. The molecule has 1 aromatic rings. The van der Waals surface area contributed by atoms with E-state index in [1.807, 2.05) is 17.9 Å². The van der Waals surface area contributed by atoms with Gasteiger partial charge in [0.2, 0.25) is 12.1 Å². The van der Waals surface area contributed by atoms with Crippen molar-refractivity contribution in [2.75, 3.05) is 11.4 Å². The molecule has 1 heterocycles. The predicted octanol–water partition coefficient (Wildman–Crippen LogP) is 1.90. The molecule has 1 saturated heterocycles. The normalized spacial score (nSPS) is 22.6. The zero-order valence-corrected chi connectivity index (χ0v) is 9.94. The Kier molecular flexibility index (Phi) is 3.39. The number of hydrogen-bond acceptors (Lipinski definition) is 5. The lowest BCUT2D eigenvalue weighted by Crippen LogP contribution is -2.28. The Morgan fingerprint density at radius 3 is 2.94 bits per heavy atom. The van der Waals surface area contributed by atoms with Gasteiger partial charge in [0, 0.05) is 23.1 Å². The Hall–Kier alpha value is -2.20. The fourth-order valence-electron chi connectivity index (χ4n) is 2.31. The summed E-state index contributed by atoms with van der Waals surface area (Å²) in [6.45, 7) is 2.35. The zero-order chi connectivity index (χ0) is 13.1. The molecule has 1 aliphatic rings. The van der Waals surface area contributed by atoms with Crippen LogP contribution in [0.25, 0.3) is 0 Å². The van der Waals surface area contributed by atoms with Gasteiger partial charge >= 0.3 is 0 Å². The third-order valence-electron chi connectivity index (χ3n) is 3.19. The van der Waals surface area contributed by atoms with E-state index in [-0.39, 0.29) is 11.0 Å². The quantitative estimate of drug-likeness (QED) is 0.354. The lowest BCUT2D eigenvalue weighted by Gasteiger charge is -2.22. The fourth-order valence-corrected chi connectivity index (χ4v) is 2.31. The van der Waals surface area contributed by atoms with Crippen LogP contribution in [0.5, 0.6) is 0 Å². The van der Waals surface area contributed by atoms with E-state index in [4.69, 9.17) is 0 Å². The van der Waals surface area contributed by atoms with E-state index in [1.165, 1.54) is 6.08 Å². The number of benzene rings is 1. The van der Waals surface area contributed by atoms with E-state index in [1.54, 1.807) is 18.2 Å². The van der Waals surface area contributed by atoms with Gasteiger partial charge in [-0.25, -0.2) is 4.79 Å². The van der Waals surface area contributed by atoms with Crippen LogP contribution in [0.2, 0.25) is 0 Å². The van der Waals surface area contributed by atoms with Crippen molar-refractivity contribution >= 4 is 17.5 Å². The van der Waals surface area contributed by atoms with Crippen molar-refractivity contribution in [1.82, 2.24) is 0 Å². The lowest BCUT2D eigenvalue weighted by molar-refractivity contribution is -0.517. The molecule has 2 rings (SSSR count). The number of isocyanates is 1. The van der Waals surface area contributed by atoms with Crippen molar-refractivity contribution in [3.05, 3.63) is 34.4 Å². The summed E-state index contributed by atoms with van der Waals surface area (Å²) in [5, 5.41) is 10.8. The first-order chi connectivity index (χ1) is 8.61. The van der Waals surface area contributed by atoms with Gasteiger partial charge in [-0.05, 0) is 25.1 Å². The smallest absolute Gasteiger partial charge is 0.240 e. The Labute approximate surface area is 104 Å². The second-order valence-electron chi connectivity index (χ2n) is 4.40. The third kappa shape index (κ3) is 2.38. The minimum atomic E-state index is -0.529. The largest absolute Gasteiger partial charge is 0.362 e. The number of hydrogen-bond donors (Lipinski definition) is 0. The summed E-state index contributed by atoms with van der Waals surface area (Å²) in [6.07, 6.45) is 2.02. The Bertz CT molecular complexity index is 511. The van der Waals surface area contributed by atoms with Crippen LogP contribution in [-0.2, 0) is 4.79 Å². The molecule has 0 aromatic heterocycles. The lowest BCUT2D eigenvalue weighted by atomic mass is 10.2. The van der Waals surface area contributed by atoms with Gasteiger partial charge in [-0.1, -0.05) is 6.07 Å². The number of aliphatic imine (C=N–C) groups is 1. The summed E-state index contributed by atoms with van der Waals surface area (Å²) < 4.78 is 0. The van der Waals surface area contributed by atoms with Gasteiger partial charge in [-0.3, -0.25) is 10.1 Å². The van der Waals surface area contributed by atoms with E-state index < -0.39 is 6.04 Å². The molecular formula is C12H13N3O3. The summed E-state index contributed by atoms with van der Waals surface area (Å²) in [6, 6.07) is 6.65. The van der Waals surface area contributed by atoms with Gasteiger partial charge in [0.15, 0.2) is 0 Å². The van der Waals surface area contributed by atoms with Crippen LogP contribution in [0.15, 0.2) is 29.3 Å². The van der Waals surface area contributed by atoms with E-state index in [0.717, 1.165) is 5.69 Å². The second kappa shape index (κ2) is 4.98. The first kappa shape index (κ1) is 12.3. The Morgan fingerprint density at radius 2 is 2.33 bits per heavy atom.